The number of pyridine rings is 1. The van der Waals surface area contributed by atoms with Gasteiger partial charge in [-0.25, -0.2) is 4.40 Å². The van der Waals surface area contributed by atoms with Crippen molar-refractivity contribution in [2.45, 2.75) is 0 Å². The average Bonchev–Trinajstić information content (AvgIpc) is 2.84. The summed E-state index contributed by atoms with van der Waals surface area (Å²) in [5, 5.41) is 1.55. The van der Waals surface area contributed by atoms with Gasteiger partial charge in [0.25, 0.3) is 5.56 Å². The Labute approximate surface area is 113 Å². The molecule has 0 spiro atoms. The van der Waals surface area contributed by atoms with Gasteiger partial charge in [-0.15, -0.1) is 0 Å². The van der Waals surface area contributed by atoms with Crippen molar-refractivity contribution in [2.75, 3.05) is 7.11 Å². The summed E-state index contributed by atoms with van der Waals surface area (Å²) in [6.07, 6.45) is 0. The van der Waals surface area contributed by atoms with Gasteiger partial charge in [-0.3, -0.25) is 4.79 Å². The molecule has 2 heterocycles. The highest BCUT2D eigenvalue weighted by Gasteiger charge is 2.11. The van der Waals surface area contributed by atoms with Crippen LogP contribution in [0.5, 0.6) is 5.75 Å². The fourth-order valence-corrected chi connectivity index (χ4v) is 2.54. The molecule has 0 radical (unpaired) electrons. The summed E-state index contributed by atoms with van der Waals surface area (Å²) >= 11 is 0. The summed E-state index contributed by atoms with van der Waals surface area (Å²) in [6, 6.07) is 14.8. The van der Waals surface area contributed by atoms with Crippen LogP contribution >= 0.6 is 0 Å². The fraction of sp³-hybridized carbons (Fsp3) is 0.0625. The Balaban J connectivity index is 2.27. The van der Waals surface area contributed by atoms with Crippen molar-refractivity contribution >= 4 is 27.6 Å². The molecule has 0 saturated carbocycles. The van der Waals surface area contributed by atoms with Gasteiger partial charge in [-0.1, -0.05) is 18.2 Å². The Morgan fingerprint density at radius 1 is 1.10 bits per heavy atom. The van der Waals surface area contributed by atoms with Crippen molar-refractivity contribution < 1.29 is 9.15 Å². The van der Waals surface area contributed by atoms with E-state index in [1.54, 1.807) is 11.5 Å². The van der Waals surface area contributed by atoms with E-state index in [4.69, 9.17) is 9.15 Å². The first-order chi connectivity index (χ1) is 9.78. The Morgan fingerprint density at radius 3 is 2.80 bits per heavy atom. The Hall–Kier alpha value is -2.75. The van der Waals surface area contributed by atoms with Crippen LogP contribution in [0.4, 0.5) is 0 Å². The Kier molecular flexibility index (Phi) is 2.15. The van der Waals surface area contributed by atoms with Gasteiger partial charge in [0.05, 0.1) is 12.6 Å². The predicted octanol–water partition coefficient (Wildman–Crippen LogP) is 3.21. The smallest absolute Gasteiger partial charge is 0.265 e. The minimum atomic E-state index is -0.0786. The molecule has 4 aromatic rings. The van der Waals surface area contributed by atoms with Gasteiger partial charge in [-0.2, -0.15) is 0 Å². The largest absolute Gasteiger partial charge is 0.497 e. The molecule has 2 aromatic carbocycles. The van der Waals surface area contributed by atoms with Crippen LogP contribution in [0.25, 0.3) is 27.6 Å². The Morgan fingerprint density at radius 2 is 1.95 bits per heavy atom. The van der Waals surface area contributed by atoms with Gasteiger partial charge < -0.3 is 9.15 Å². The van der Waals surface area contributed by atoms with Crippen LogP contribution in [0.15, 0.2) is 57.7 Å². The molecular weight excluding hydrogens is 254 g/mol. The average molecular weight is 265 g/mol. The third-order valence-corrected chi connectivity index (χ3v) is 3.52. The first-order valence-electron chi connectivity index (χ1n) is 6.29. The van der Waals surface area contributed by atoms with E-state index in [0.717, 1.165) is 10.9 Å². The normalized spacial score (nSPS) is 11.4. The van der Waals surface area contributed by atoms with Crippen LogP contribution in [0.3, 0.4) is 0 Å². The molecule has 20 heavy (non-hydrogen) atoms. The molecule has 0 bridgehead atoms. The topological polar surface area (TPSA) is 43.8 Å². The van der Waals surface area contributed by atoms with E-state index >= 15 is 0 Å². The van der Waals surface area contributed by atoms with Crippen LogP contribution in [0.2, 0.25) is 0 Å². The van der Waals surface area contributed by atoms with Gasteiger partial charge in [0, 0.05) is 17.5 Å². The second kappa shape index (κ2) is 3.87. The third-order valence-electron chi connectivity index (χ3n) is 3.52. The zero-order valence-corrected chi connectivity index (χ0v) is 10.8. The van der Waals surface area contributed by atoms with Crippen LogP contribution in [0, 0.1) is 0 Å². The van der Waals surface area contributed by atoms with Gasteiger partial charge in [0.2, 0.25) is 5.71 Å². The number of rotatable bonds is 1. The lowest BCUT2D eigenvalue weighted by Crippen LogP contribution is -2.11. The number of ether oxygens (including phenoxy) is 1. The molecule has 0 aliphatic rings. The molecule has 4 nitrogen and oxygen atoms in total. The zero-order chi connectivity index (χ0) is 13.7. The van der Waals surface area contributed by atoms with Crippen LogP contribution in [-0.4, -0.2) is 11.5 Å². The molecule has 0 saturated heterocycles. The van der Waals surface area contributed by atoms with Gasteiger partial charge in [0.15, 0.2) is 5.58 Å². The minimum Gasteiger partial charge on any atom is -0.497 e. The molecule has 2 aromatic heterocycles. The number of nitrogens with zero attached hydrogens (tertiary/aromatic N) is 1. The second-order valence-electron chi connectivity index (χ2n) is 4.65. The molecule has 0 amide bonds. The lowest BCUT2D eigenvalue weighted by molar-refractivity contribution is 0.415. The maximum atomic E-state index is 12.6. The molecule has 0 unspecified atom stereocenters. The summed E-state index contributed by atoms with van der Waals surface area (Å²) in [7, 11) is 1.60. The van der Waals surface area contributed by atoms with Gasteiger partial charge >= 0.3 is 0 Å². The van der Waals surface area contributed by atoms with E-state index in [-0.39, 0.29) is 5.56 Å². The lowest BCUT2D eigenvalue weighted by Gasteiger charge is -2.00. The molecule has 0 aliphatic carbocycles. The Bertz CT molecular complexity index is 1010. The highest BCUT2D eigenvalue weighted by Crippen LogP contribution is 2.25. The van der Waals surface area contributed by atoms with Gasteiger partial charge in [0.1, 0.15) is 5.75 Å². The molecule has 4 rings (SSSR count). The monoisotopic (exact) mass is 265 g/mol. The molecule has 4 heteroatoms. The van der Waals surface area contributed by atoms with Crippen LogP contribution < -0.4 is 10.3 Å². The van der Waals surface area contributed by atoms with E-state index in [9.17, 15) is 4.79 Å². The van der Waals surface area contributed by atoms with Crippen molar-refractivity contribution in [3.63, 3.8) is 0 Å². The molecule has 0 atom stereocenters. The molecular formula is C16H11NO3. The maximum absolute atomic E-state index is 12.6. The molecule has 0 N–H and O–H groups in total. The highest BCUT2D eigenvalue weighted by atomic mass is 16.5. The summed E-state index contributed by atoms with van der Waals surface area (Å²) in [5.74, 6) is 0.695. The zero-order valence-electron chi connectivity index (χ0n) is 10.8. The SMILES string of the molecule is COc1ccc2oc3cc4ccccc4c(=O)n3c2c1. The maximum Gasteiger partial charge on any atom is 0.265 e. The quantitative estimate of drug-likeness (QED) is 0.531. The second-order valence-corrected chi connectivity index (χ2v) is 4.65. The van der Waals surface area contributed by atoms with Crippen LogP contribution in [-0.2, 0) is 0 Å². The summed E-state index contributed by atoms with van der Waals surface area (Å²) in [6.45, 7) is 0. The van der Waals surface area contributed by atoms with Crippen molar-refractivity contribution in [1.82, 2.24) is 4.40 Å². The van der Waals surface area contributed by atoms with E-state index in [1.165, 1.54) is 0 Å². The van der Waals surface area contributed by atoms with E-state index < -0.39 is 0 Å². The number of aromatic nitrogens is 1. The predicted molar refractivity (Wildman–Crippen MR) is 77.5 cm³/mol. The fourth-order valence-electron chi connectivity index (χ4n) is 2.54. The first-order valence-corrected chi connectivity index (χ1v) is 6.29. The first kappa shape index (κ1) is 11.1. The van der Waals surface area contributed by atoms with Crippen molar-refractivity contribution in [3.05, 3.63) is 58.9 Å². The van der Waals surface area contributed by atoms with E-state index in [0.29, 0.717) is 22.4 Å². The number of oxazole rings is 1. The molecule has 98 valence electrons. The number of methoxy groups -OCH3 is 1. The van der Waals surface area contributed by atoms with Crippen LogP contribution in [0.1, 0.15) is 0 Å². The standard InChI is InChI=1S/C16H11NO3/c1-19-11-6-7-14-13(9-11)17-15(20-14)8-10-4-2-3-5-12(10)16(17)18/h2-9H,1H3. The molecule has 0 fully saturated rings. The van der Waals surface area contributed by atoms with E-state index in [1.807, 2.05) is 48.5 Å². The summed E-state index contributed by atoms with van der Waals surface area (Å²) in [5.41, 5.74) is 1.84. The number of hydrogen-bond donors (Lipinski definition) is 0. The third kappa shape index (κ3) is 1.39. The summed E-state index contributed by atoms with van der Waals surface area (Å²) < 4.78 is 12.5. The van der Waals surface area contributed by atoms with Crippen molar-refractivity contribution in [3.8, 4) is 5.75 Å². The minimum absolute atomic E-state index is 0.0786. The number of fused-ring (bicyclic) bond motifs is 4. The summed E-state index contributed by atoms with van der Waals surface area (Å²) in [4.78, 5) is 12.6. The number of hydrogen-bond acceptors (Lipinski definition) is 3. The van der Waals surface area contributed by atoms with Gasteiger partial charge in [-0.05, 0) is 23.6 Å². The lowest BCUT2D eigenvalue weighted by atomic mass is 10.2. The number of benzene rings is 2. The van der Waals surface area contributed by atoms with E-state index in [2.05, 4.69) is 0 Å². The van der Waals surface area contributed by atoms with Crippen molar-refractivity contribution in [1.29, 1.82) is 0 Å². The van der Waals surface area contributed by atoms with Crippen molar-refractivity contribution in [2.24, 2.45) is 0 Å². The molecule has 0 aliphatic heterocycles. The highest BCUT2D eigenvalue weighted by molar-refractivity contribution is 5.88.